The van der Waals surface area contributed by atoms with E-state index in [1.54, 1.807) is 0 Å². The number of benzene rings is 1. The molecule has 5 heteroatoms. The minimum absolute atomic E-state index is 0.0537. The molecule has 0 fully saturated rings. The number of aliphatic imine (C=N–C) groups is 1. The first-order valence-corrected chi connectivity index (χ1v) is 3.91. The maximum Gasteiger partial charge on any atom is 0.417 e. The van der Waals surface area contributed by atoms with Crippen molar-refractivity contribution < 1.29 is 18.3 Å². The lowest BCUT2D eigenvalue weighted by atomic mass is 10.0. The molecule has 1 heterocycles. The van der Waals surface area contributed by atoms with Crippen molar-refractivity contribution in [3.05, 3.63) is 34.9 Å². The third kappa shape index (κ3) is 1.25. The maximum atomic E-state index is 12.4. The number of halogens is 3. The molecule has 14 heavy (non-hydrogen) atoms. The molecular formula is C9H5F3NO-. The van der Waals surface area contributed by atoms with Crippen LogP contribution < -0.4 is 5.11 Å². The summed E-state index contributed by atoms with van der Waals surface area (Å²) in [5.41, 5.74) is -0.828. The predicted octanol–water partition coefficient (Wildman–Crippen LogP) is 1.33. The van der Waals surface area contributed by atoms with E-state index < -0.39 is 17.6 Å². The van der Waals surface area contributed by atoms with Gasteiger partial charge in [-0.2, -0.15) is 13.2 Å². The van der Waals surface area contributed by atoms with Gasteiger partial charge in [0.15, 0.2) is 0 Å². The molecule has 0 bridgehead atoms. The van der Waals surface area contributed by atoms with Gasteiger partial charge in [-0.3, -0.25) is 4.99 Å². The molecule has 0 aliphatic carbocycles. The summed E-state index contributed by atoms with van der Waals surface area (Å²) >= 11 is 0. The van der Waals surface area contributed by atoms with Crippen LogP contribution in [-0.2, 0) is 12.7 Å². The van der Waals surface area contributed by atoms with Gasteiger partial charge in [-0.05, 0) is 17.5 Å². The van der Waals surface area contributed by atoms with Gasteiger partial charge in [0.05, 0.1) is 12.1 Å². The van der Waals surface area contributed by atoms with Crippen LogP contribution in [0.5, 0.6) is 0 Å². The standard InChI is InChI=1S/C9H6F3NO/c10-9(11,12)6-3-1-2-5-4-13-8(14)7(5)6/h1-3H,4H2,(H,13,14)/p-1. The average molecular weight is 200 g/mol. The molecule has 1 aromatic rings. The van der Waals surface area contributed by atoms with Gasteiger partial charge >= 0.3 is 6.18 Å². The quantitative estimate of drug-likeness (QED) is 0.622. The molecule has 1 aliphatic rings. The van der Waals surface area contributed by atoms with Gasteiger partial charge < -0.3 is 5.11 Å². The molecular weight excluding hydrogens is 195 g/mol. The highest BCUT2D eigenvalue weighted by molar-refractivity contribution is 5.96. The Labute approximate surface area is 77.7 Å². The van der Waals surface area contributed by atoms with Crippen LogP contribution in [0.4, 0.5) is 13.2 Å². The fraction of sp³-hybridized carbons (Fsp3) is 0.222. The lowest BCUT2D eigenvalue weighted by Gasteiger charge is -2.15. The number of hydrogen-bond acceptors (Lipinski definition) is 2. The van der Waals surface area contributed by atoms with Gasteiger partial charge in [-0.15, -0.1) is 0 Å². The molecule has 0 atom stereocenters. The predicted molar refractivity (Wildman–Crippen MR) is 41.7 cm³/mol. The lowest BCUT2D eigenvalue weighted by molar-refractivity contribution is -0.213. The van der Waals surface area contributed by atoms with Crippen molar-refractivity contribution in [3.63, 3.8) is 0 Å². The van der Waals surface area contributed by atoms with Crippen LogP contribution >= 0.6 is 0 Å². The Morgan fingerprint density at radius 3 is 2.64 bits per heavy atom. The fourth-order valence-electron chi connectivity index (χ4n) is 1.46. The second kappa shape index (κ2) is 2.73. The summed E-state index contributed by atoms with van der Waals surface area (Å²) in [6.45, 7) is 0.0537. The number of fused-ring (bicyclic) bond motifs is 1. The Balaban J connectivity index is 2.64. The van der Waals surface area contributed by atoms with Crippen LogP contribution in [0.15, 0.2) is 23.2 Å². The molecule has 0 saturated carbocycles. The largest absolute Gasteiger partial charge is 0.858 e. The van der Waals surface area contributed by atoms with Crippen molar-refractivity contribution >= 4 is 5.90 Å². The summed E-state index contributed by atoms with van der Waals surface area (Å²) in [5.74, 6) is -0.770. The van der Waals surface area contributed by atoms with Gasteiger partial charge in [-0.25, -0.2) is 0 Å². The monoisotopic (exact) mass is 200 g/mol. The zero-order valence-corrected chi connectivity index (χ0v) is 6.93. The van der Waals surface area contributed by atoms with Crippen LogP contribution in [0.3, 0.4) is 0 Å². The molecule has 0 spiro atoms. The van der Waals surface area contributed by atoms with E-state index in [2.05, 4.69) is 4.99 Å². The molecule has 0 saturated heterocycles. The highest BCUT2D eigenvalue weighted by Crippen LogP contribution is 2.34. The number of rotatable bonds is 0. The summed E-state index contributed by atoms with van der Waals surface area (Å²) in [6.07, 6.45) is -4.49. The SMILES string of the molecule is [O-]C1=NCc2cccc(C(F)(F)F)c21. The first kappa shape index (κ1) is 9.05. The fourth-order valence-corrected chi connectivity index (χ4v) is 1.46. The Bertz CT molecular complexity index is 409. The average Bonchev–Trinajstić information content (AvgIpc) is 2.46. The van der Waals surface area contributed by atoms with Crippen molar-refractivity contribution in [2.45, 2.75) is 12.7 Å². The minimum atomic E-state index is -4.49. The molecule has 1 aromatic carbocycles. The van der Waals surface area contributed by atoms with Gasteiger partial charge in [0.1, 0.15) is 0 Å². The second-order valence-corrected chi connectivity index (χ2v) is 2.96. The molecule has 0 radical (unpaired) electrons. The second-order valence-electron chi connectivity index (χ2n) is 2.96. The third-order valence-electron chi connectivity index (χ3n) is 2.06. The molecule has 74 valence electrons. The first-order chi connectivity index (χ1) is 6.50. The summed E-state index contributed by atoms with van der Waals surface area (Å²) < 4.78 is 37.3. The molecule has 2 nitrogen and oxygen atoms in total. The van der Waals surface area contributed by atoms with Crippen LogP contribution in [0.2, 0.25) is 0 Å². The van der Waals surface area contributed by atoms with Crippen molar-refractivity contribution in [1.82, 2.24) is 0 Å². The topological polar surface area (TPSA) is 35.4 Å². The summed E-state index contributed by atoms with van der Waals surface area (Å²) in [7, 11) is 0. The normalized spacial score (nSPS) is 15.2. The van der Waals surface area contributed by atoms with E-state index in [0.29, 0.717) is 5.56 Å². The summed E-state index contributed by atoms with van der Waals surface area (Å²) in [6, 6.07) is 3.67. The Hall–Kier alpha value is -1.52. The van der Waals surface area contributed by atoms with E-state index in [1.807, 2.05) is 0 Å². The highest BCUT2D eigenvalue weighted by atomic mass is 19.4. The van der Waals surface area contributed by atoms with E-state index in [4.69, 9.17) is 0 Å². The molecule has 2 rings (SSSR count). The summed E-state index contributed by atoms with van der Waals surface area (Å²) in [4.78, 5) is 3.44. The molecule has 0 N–H and O–H groups in total. The van der Waals surface area contributed by atoms with Crippen LogP contribution in [-0.4, -0.2) is 5.90 Å². The van der Waals surface area contributed by atoms with Crippen molar-refractivity contribution in [3.8, 4) is 0 Å². The number of nitrogens with zero attached hydrogens (tertiary/aromatic N) is 1. The molecule has 0 aromatic heterocycles. The number of alkyl halides is 3. The number of hydrogen-bond donors (Lipinski definition) is 0. The van der Waals surface area contributed by atoms with Crippen molar-refractivity contribution in [2.24, 2.45) is 4.99 Å². The summed E-state index contributed by atoms with van der Waals surface area (Å²) in [5, 5.41) is 11.1. The Morgan fingerprint density at radius 1 is 1.29 bits per heavy atom. The maximum absolute atomic E-state index is 12.4. The Kier molecular flexibility index (Phi) is 1.77. The van der Waals surface area contributed by atoms with Gasteiger partial charge in [0.2, 0.25) is 0 Å². The van der Waals surface area contributed by atoms with E-state index in [1.165, 1.54) is 12.1 Å². The third-order valence-corrected chi connectivity index (χ3v) is 2.06. The van der Waals surface area contributed by atoms with E-state index in [9.17, 15) is 18.3 Å². The zero-order chi connectivity index (χ0) is 10.3. The smallest absolute Gasteiger partial charge is 0.417 e. The lowest BCUT2D eigenvalue weighted by Crippen LogP contribution is -2.21. The van der Waals surface area contributed by atoms with E-state index >= 15 is 0 Å². The minimum Gasteiger partial charge on any atom is -0.858 e. The van der Waals surface area contributed by atoms with E-state index in [-0.39, 0.29) is 12.1 Å². The molecule has 1 aliphatic heterocycles. The van der Waals surface area contributed by atoms with E-state index in [0.717, 1.165) is 6.07 Å². The van der Waals surface area contributed by atoms with Crippen LogP contribution in [0, 0.1) is 0 Å². The van der Waals surface area contributed by atoms with Gasteiger partial charge in [0.25, 0.3) is 0 Å². The van der Waals surface area contributed by atoms with Crippen LogP contribution in [0.1, 0.15) is 16.7 Å². The van der Waals surface area contributed by atoms with Gasteiger partial charge in [-0.1, -0.05) is 12.1 Å². The molecule has 0 amide bonds. The zero-order valence-electron chi connectivity index (χ0n) is 6.93. The Morgan fingerprint density at radius 2 is 2.00 bits per heavy atom. The van der Waals surface area contributed by atoms with Crippen molar-refractivity contribution in [1.29, 1.82) is 0 Å². The first-order valence-electron chi connectivity index (χ1n) is 3.91. The van der Waals surface area contributed by atoms with Crippen LogP contribution in [0.25, 0.3) is 0 Å². The van der Waals surface area contributed by atoms with Gasteiger partial charge in [0, 0.05) is 5.56 Å². The molecule has 0 unspecified atom stereocenters. The highest BCUT2D eigenvalue weighted by Gasteiger charge is 2.34. The van der Waals surface area contributed by atoms with Crippen molar-refractivity contribution in [2.75, 3.05) is 0 Å².